The molecule has 1 aromatic carbocycles. The molecule has 3 rings (SSSR count). The predicted molar refractivity (Wildman–Crippen MR) is 82.3 cm³/mol. The Balaban J connectivity index is 1.62. The molecule has 2 aliphatic carbocycles. The van der Waals surface area contributed by atoms with Crippen LogP contribution in [0.25, 0.3) is 0 Å². The van der Waals surface area contributed by atoms with E-state index in [9.17, 15) is 4.79 Å². The van der Waals surface area contributed by atoms with Gasteiger partial charge in [-0.2, -0.15) is 0 Å². The Morgan fingerprint density at radius 3 is 2.70 bits per heavy atom. The van der Waals surface area contributed by atoms with E-state index in [1.54, 1.807) is 0 Å². The van der Waals surface area contributed by atoms with Gasteiger partial charge in [0.15, 0.2) is 5.78 Å². The quantitative estimate of drug-likeness (QED) is 0.738. The van der Waals surface area contributed by atoms with E-state index < -0.39 is 0 Å². The highest BCUT2D eigenvalue weighted by Crippen LogP contribution is 2.27. The van der Waals surface area contributed by atoms with E-state index in [2.05, 4.69) is 24.0 Å². The third-order valence-corrected chi connectivity index (χ3v) is 4.98. The molecule has 0 heterocycles. The summed E-state index contributed by atoms with van der Waals surface area (Å²) < 4.78 is 0. The van der Waals surface area contributed by atoms with E-state index in [0.717, 1.165) is 31.0 Å². The van der Waals surface area contributed by atoms with Gasteiger partial charge in [-0.3, -0.25) is 9.69 Å². The first-order valence-corrected chi connectivity index (χ1v) is 8.13. The molecule has 0 aromatic heterocycles. The van der Waals surface area contributed by atoms with Crippen LogP contribution >= 0.6 is 0 Å². The van der Waals surface area contributed by atoms with Crippen molar-refractivity contribution in [2.24, 2.45) is 5.92 Å². The normalized spacial score (nSPS) is 18.1. The Morgan fingerprint density at radius 1 is 1.20 bits per heavy atom. The molecule has 0 N–H and O–H groups in total. The second kappa shape index (κ2) is 6.09. The van der Waals surface area contributed by atoms with Gasteiger partial charge in [0.25, 0.3) is 0 Å². The lowest BCUT2D eigenvalue weighted by Gasteiger charge is -2.31. The van der Waals surface area contributed by atoms with Gasteiger partial charge in [0.05, 0.1) is 6.54 Å². The lowest BCUT2D eigenvalue weighted by Crippen LogP contribution is -2.36. The highest BCUT2D eigenvalue weighted by molar-refractivity contribution is 5.97. The minimum Gasteiger partial charge on any atom is -0.296 e. The maximum atomic E-state index is 12.5. The molecule has 2 aliphatic rings. The highest BCUT2D eigenvalue weighted by atomic mass is 16.1. The fraction of sp³-hybridized carbons (Fsp3) is 0.611. The van der Waals surface area contributed by atoms with Crippen molar-refractivity contribution in [3.05, 3.63) is 34.9 Å². The van der Waals surface area contributed by atoms with Crippen LogP contribution in [-0.2, 0) is 12.8 Å². The Morgan fingerprint density at radius 2 is 2.00 bits per heavy atom. The van der Waals surface area contributed by atoms with E-state index in [1.165, 1.54) is 43.2 Å². The molecule has 0 aliphatic heterocycles. The molecule has 0 bridgehead atoms. The van der Waals surface area contributed by atoms with Crippen LogP contribution in [0.4, 0.5) is 0 Å². The summed E-state index contributed by atoms with van der Waals surface area (Å²) in [5.74, 6) is 1.13. The molecule has 1 aromatic rings. The SMILES string of the molecule is CCN(CC(=O)c1ccc2c(c1)CCC2)CC1CCC1. The minimum atomic E-state index is 0.292. The molecule has 0 radical (unpaired) electrons. The van der Waals surface area contributed by atoms with Gasteiger partial charge in [0.1, 0.15) is 0 Å². The average molecular weight is 271 g/mol. The number of benzene rings is 1. The molecular weight excluding hydrogens is 246 g/mol. The van der Waals surface area contributed by atoms with Crippen molar-refractivity contribution < 1.29 is 4.79 Å². The number of nitrogens with zero attached hydrogens (tertiary/aromatic N) is 1. The molecule has 108 valence electrons. The van der Waals surface area contributed by atoms with Crippen LogP contribution in [0.5, 0.6) is 0 Å². The maximum Gasteiger partial charge on any atom is 0.176 e. The van der Waals surface area contributed by atoms with Crippen LogP contribution < -0.4 is 0 Å². The number of ketones is 1. The largest absolute Gasteiger partial charge is 0.296 e. The number of fused-ring (bicyclic) bond motifs is 1. The summed E-state index contributed by atoms with van der Waals surface area (Å²) in [6.45, 7) is 4.83. The van der Waals surface area contributed by atoms with E-state index in [-0.39, 0.29) is 0 Å². The van der Waals surface area contributed by atoms with Crippen molar-refractivity contribution in [1.29, 1.82) is 0 Å². The topological polar surface area (TPSA) is 20.3 Å². The zero-order chi connectivity index (χ0) is 13.9. The van der Waals surface area contributed by atoms with Crippen molar-refractivity contribution in [3.8, 4) is 0 Å². The number of rotatable bonds is 6. The van der Waals surface area contributed by atoms with Crippen LogP contribution in [0.2, 0.25) is 0 Å². The molecule has 2 nitrogen and oxygen atoms in total. The van der Waals surface area contributed by atoms with Crippen molar-refractivity contribution in [2.45, 2.75) is 45.4 Å². The molecule has 1 saturated carbocycles. The Labute approximate surface area is 122 Å². The van der Waals surface area contributed by atoms with Crippen LogP contribution in [-0.4, -0.2) is 30.3 Å². The first-order valence-electron chi connectivity index (χ1n) is 8.13. The zero-order valence-electron chi connectivity index (χ0n) is 12.5. The van der Waals surface area contributed by atoms with Crippen molar-refractivity contribution in [3.63, 3.8) is 0 Å². The number of carbonyl (C=O) groups excluding carboxylic acids is 1. The lowest BCUT2D eigenvalue weighted by molar-refractivity contribution is 0.0905. The highest BCUT2D eigenvalue weighted by Gasteiger charge is 2.22. The molecule has 0 spiro atoms. The summed E-state index contributed by atoms with van der Waals surface area (Å²) in [5, 5.41) is 0. The first-order chi connectivity index (χ1) is 9.76. The second-order valence-electron chi connectivity index (χ2n) is 6.38. The number of hydrogen-bond donors (Lipinski definition) is 0. The van der Waals surface area contributed by atoms with E-state index >= 15 is 0 Å². The molecule has 20 heavy (non-hydrogen) atoms. The second-order valence-corrected chi connectivity index (χ2v) is 6.38. The van der Waals surface area contributed by atoms with Gasteiger partial charge < -0.3 is 0 Å². The smallest absolute Gasteiger partial charge is 0.176 e. The van der Waals surface area contributed by atoms with Gasteiger partial charge in [-0.25, -0.2) is 0 Å². The first kappa shape index (κ1) is 13.8. The summed E-state index contributed by atoms with van der Waals surface area (Å²) in [6.07, 6.45) is 7.66. The molecule has 0 saturated heterocycles. The summed E-state index contributed by atoms with van der Waals surface area (Å²) in [5.41, 5.74) is 3.76. The van der Waals surface area contributed by atoms with Crippen LogP contribution in [0.1, 0.15) is 54.1 Å². The van der Waals surface area contributed by atoms with Crippen LogP contribution in [0.15, 0.2) is 18.2 Å². The molecule has 0 amide bonds. The van der Waals surface area contributed by atoms with E-state index in [4.69, 9.17) is 0 Å². The predicted octanol–water partition coefficient (Wildman–Crippen LogP) is 3.48. The third kappa shape index (κ3) is 2.95. The number of hydrogen-bond acceptors (Lipinski definition) is 2. The molecule has 2 heteroatoms. The van der Waals surface area contributed by atoms with Gasteiger partial charge in [0.2, 0.25) is 0 Å². The molecule has 1 fully saturated rings. The molecular formula is C18H25NO. The Kier molecular flexibility index (Phi) is 4.21. The Bertz CT molecular complexity index is 490. The molecule has 0 atom stereocenters. The van der Waals surface area contributed by atoms with Crippen LogP contribution in [0.3, 0.4) is 0 Å². The fourth-order valence-electron chi connectivity index (χ4n) is 3.39. The van der Waals surface area contributed by atoms with E-state index in [1.807, 2.05) is 6.07 Å². The number of carbonyl (C=O) groups is 1. The van der Waals surface area contributed by atoms with Crippen molar-refractivity contribution >= 4 is 5.78 Å². The summed E-state index contributed by atoms with van der Waals surface area (Å²) >= 11 is 0. The van der Waals surface area contributed by atoms with Gasteiger partial charge in [-0.15, -0.1) is 0 Å². The standard InChI is InChI=1S/C18H25NO/c1-2-19(12-14-5-3-6-14)13-18(20)17-10-9-15-7-4-8-16(15)11-17/h9-11,14H,2-8,12-13H2,1H3. The maximum absolute atomic E-state index is 12.5. The summed E-state index contributed by atoms with van der Waals surface area (Å²) in [4.78, 5) is 14.8. The van der Waals surface area contributed by atoms with Crippen molar-refractivity contribution in [2.75, 3.05) is 19.6 Å². The van der Waals surface area contributed by atoms with Crippen molar-refractivity contribution in [1.82, 2.24) is 4.90 Å². The summed E-state index contributed by atoms with van der Waals surface area (Å²) in [7, 11) is 0. The van der Waals surface area contributed by atoms with Gasteiger partial charge >= 0.3 is 0 Å². The van der Waals surface area contributed by atoms with Crippen LogP contribution in [0, 0.1) is 5.92 Å². The van der Waals surface area contributed by atoms with Gasteiger partial charge in [0, 0.05) is 12.1 Å². The number of Topliss-reactive ketones (excluding diaryl/α,β-unsaturated/α-hetero) is 1. The minimum absolute atomic E-state index is 0.292. The lowest BCUT2D eigenvalue weighted by atomic mass is 9.85. The Hall–Kier alpha value is -1.15. The number of likely N-dealkylation sites (N-methyl/N-ethyl adjacent to an activating group) is 1. The van der Waals surface area contributed by atoms with Gasteiger partial charge in [-0.05, 0) is 61.8 Å². The van der Waals surface area contributed by atoms with E-state index in [0.29, 0.717) is 12.3 Å². The fourth-order valence-corrected chi connectivity index (χ4v) is 3.39. The monoisotopic (exact) mass is 271 g/mol. The zero-order valence-corrected chi connectivity index (χ0v) is 12.5. The molecule has 0 unspecified atom stereocenters. The van der Waals surface area contributed by atoms with Gasteiger partial charge in [-0.1, -0.05) is 25.5 Å². The average Bonchev–Trinajstić information content (AvgIpc) is 2.88. The summed E-state index contributed by atoms with van der Waals surface area (Å²) in [6, 6.07) is 6.34. The third-order valence-electron chi connectivity index (χ3n) is 4.98. The number of aryl methyl sites for hydroxylation is 2.